The van der Waals surface area contributed by atoms with Crippen LogP contribution in [-0.2, 0) is 13.1 Å². The van der Waals surface area contributed by atoms with Crippen LogP contribution in [0.3, 0.4) is 0 Å². The molecule has 2 aromatic heterocycles. The van der Waals surface area contributed by atoms with Crippen LogP contribution in [0.2, 0.25) is 0 Å². The fourth-order valence-electron chi connectivity index (χ4n) is 1.57. The molecule has 4 heteroatoms. The monoisotopic (exact) mass is 216 g/mol. The zero-order valence-corrected chi connectivity index (χ0v) is 9.43. The lowest BCUT2D eigenvalue weighted by atomic mass is 10.3. The molecule has 84 valence electrons. The summed E-state index contributed by atoms with van der Waals surface area (Å²) in [5.41, 5.74) is 1.02. The van der Waals surface area contributed by atoms with Crippen molar-refractivity contribution in [1.82, 2.24) is 14.5 Å². The average molecular weight is 216 g/mol. The maximum absolute atomic E-state index is 4.27. The number of aromatic nitrogens is 3. The molecule has 0 amide bonds. The molecule has 0 spiro atoms. The van der Waals surface area contributed by atoms with Crippen LogP contribution in [0, 0.1) is 0 Å². The summed E-state index contributed by atoms with van der Waals surface area (Å²) in [4.78, 5) is 8.53. The Morgan fingerprint density at radius 2 is 2.19 bits per heavy atom. The second-order valence-electron chi connectivity index (χ2n) is 3.62. The van der Waals surface area contributed by atoms with E-state index in [-0.39, 0.29) is 0 Å². The third-order valence-corrected chi connectivity index (χ3v) is 2.33. The minimum Gasteiger partial charge on any atom is -0.350 e. The van der Waals surface area contributed by atoms with Gasteiger partial charge in [-0.3, -0.25) is 4.98 Å². The summed E-state index contributed by atoms with van der Waals surface area (Å²) in [5.74, 6) is 0.910. The van der Waals surface area contributed by atoms with E-state index in [2.05, 4.69) is 26.8 Å². The van der Waals surface area contributed by atoms with E-state index in [9.17, 15) is 0 Å². The number of rotatable bonds is 5. The Kier molecular flexibility index (Phi) is 3.53. The zero-order valence-electron chi connectivity index (χ0n) is 9.43. The maximum Gasteiger partial charge on any atom is 0.203 e. The summed E-state index contributed by atoms with van der Waals surface area (Å²) in [6.07, 6.45) is 6.71. The van der Waals surface area contributed by atoms with Crippen molar-refractivity contribution in [2.75, 3.05) is 5.32 Å². The van der Waals surface area contributed by atoms with Gasteiger partial charge in [-0.25, -0.2) is 4.98 Å². The smallest absolute Gasteiger partial charge is 0.203 e. The first-order valence-electron chi connectivity index (χ1n) is 5.55. The SMILES string of the molecule is CCCn1ccnc1NCc1ccccn1. The number of nitrogens with zero attached hydrogens (tertiary/aromatic N) is 3. The Morgan fingerprint density at radius 1 is 1.25 bits per heavy atom. The van der Waals surface area contributed by atoms with E-state index < -0.39 is 0 Å². The Hall–Kier alpha value is -1.84. The Bertz CT molecular complexity index is 422. The molecule has 0 bridgehead atoms. The maximum atomic E-state index is 4.27. The van der Waals surface area contributed by atoms with E-state index in [0.717, 1.165) is 24.6 Å². The van der Waals surface area contributed by atoms with Crippen LogP contribution < -0.4 is 5.32 Å². The van der Waals surface area contributed by atoms with Gasteiger partial charge in [-0.1, -0.05) is 13.0 Å². The highest BCUT2D eigenvalue weighted by molar-refractivity contribution is 5.27. The van der Waals surface area contributed by atoms with Gasteiger partial charge in [0, 0.05) is 25.1 Å². The molecule has 0 radical (unpaired) electrons. The topological polar surface area (TPSA) is 42.7 Å². The molecule has 0 saturated carbocycles. The normalized spacial score (nSPS) is 10.3. The molecule has 0 unspecified atom stereocenters. The molecule has 0 aromatic carbocycles. The predicted octanol–water partition coefficient (Wildman–Crippen LogP) is 2.30. The summed E-state index contributed by atoms with van der Waals surface area (Å²) >= 11 is 0. The van der Waals surface area contributed by atoms with Gasteiger partial charge >= 0.3 is 0 Å². The largest absolute Gasteiger partial charge is 0.350 e. The van der Waals surface area contributed by atoms with Crippen molar-refractivity contribution >= 4 is 5.95 Å². The molecule has 4 nitrogen and oxygen atoms in total. The van der Waals surface area contributed by atoms with Crippen molar-refractivity contribution in [2.45, 2.75) is 26.4 Å². The van der Waals surface area contributed by atoms with E-state index in [0.29, 0.717) is 6.54 Å². The molecule has 0 saturated heterocycles. The quantitative estimate of drug-likeness (QED) is 0.834. The second kappa shape index (κ2) is 5.30. The molecular weight excluding hydrogens is 200 g/mol. The third-order valence-electron chi connectivity index (χ3n) is 2.33. The number of hydrogen-bond donors (Lipinski definition) is 1. The Balaban J connectivity index is 1.97. The van der Waals surface area contributed by atoms with E-state index in [1.165, 1.54) is 0 Å². The molecule has 2 rings (SSSR count). The standard InChI is InChI=1S/C12H16N4/c1-2-8-16-9-7-14-12(16)15-10-11-5-3-4-6-13-11/h3-7,9H,2,8,10H2,1H3,(H,14,15). The summed E-state index contributed by atoms with van der Waals surface area (Å²) < 4.78 is 2.11. The van der Waals surface area contributed by atoms with Crippen LogP contribution in [0.5, 0.6) is 0 Å². The van der Waals surface area contributed by atoms with Gasteiger partial charge in [-0.15, -0.1) is 0 Å². The number of aryl methyl sites for hydroxylation is 1. The third kappa shape index (κ3) is 2.59. The molecule has 0 aliphatic heterocycles. The van der Waals surface area contributed by atoms with Crippen LogP contribution >= 0.6 is 0 Å². The van der Waals surface area contributed by atoms with Crippen molar-refractivity contribution in [3.8, 4) is 0 Å². The lowest BCUT2D eigenvalue weighted by Gasteiger charge is -2.08. The van der Waals surface area contributed by atoms with Gasteiger partial charge in [0.1, 0.15) is 0 Å². The van der Waals surface area contributed by atoms with E-state index in [1.54, 1.807) is 6.20 Å². The summed E-state index contributed by atoms with van der Waals surface area (Å²) in [6, 6.07) is 5.91. The average Bonchev–Trinajstić information content (AvgIpc) is 2.76. The van der Waals surface area contributed by atoms with Crippen LogP contribution in [0.4, 0.5) is 5.95 Å². The highest BCUT2D eigenvalue weighted by atomic mass is 15.2. The first-order valence-corrected chi connectivity index (χ1v) is 5.55. The minimum absolute atomic E-state index is 0.710. The van der Waals surface area contributed by atoms with Gasteiger partial charge in [0.05, 0.1) is 12.2 Å². The highest BCUT2D eigenvalue weighted by Gasteiger charge is 2.01. The fourth-order valence-corrected chi connectivity index (χ4v) is 1.57. The summed E-state index contributed by atoms with van der Waals surface area (Å²) in [6.45, 7) is 3.86. The van der Waals surface area contributed by atoms with Gasteiger partial charge in [0.25, 0.3) is 0 Å². The number of imidazole rings is 1. The van der Waals surface area contributed by atoms with Crippen molar-refractivity contribution in [3.63, 3.8) is 0 Å². The predicted molar refractivity (Wildman–Crippen MR) is 64.1 cm³/mol. The molecule has 2 aromatic rings. The molecule has 0 aliphatic carbocycles. The van der Waals surface area contributed by atoms with Gasteiger partial charge < -0.3 is 9.88 Å². The van der Waals surface area contributed by atoms with Crippen molar-refractivity contribution in [3.05, 3.63) is 42.5 Å². The molecular formula is C12H16N4. The zero-order chi connectivity index (χ0) is 11.2. The van der Waals surface area contributed by atoms with Gasteiger partial charge in [0.15, 0.2) is 0 Å². The van der Waals surface area contributed by atoms with Gasteiger partial charge in [0.2, 0.25) is 5.95 Å². The molecule has 0 atom stereocenters. The van der Waals surface area contributed by atoms with Gasteiger partial charge in [-0.05, 0) is 18.6 Å². The molecule has 1 N–H and O–H groups in total. The summed E-state index contributed by atoms with van der Waals surface area (Å²) in [7, 11) is 0. The second-order valence-corrected chi connectivity index (χ2v) is 3.62. The Morgan fingerprint density at radius 3 is 2.94 bits per heavy atom. The summed E-state index contributed by atoms with van der Waals surface area (Å²) in [5, 5.41) is 3.28. The molecule has 2 heterocycles. The van der Waals surface area contributed by atoms with Crippen LogP contribution in [0.25, 0.3) is 0 Å². The molecule has 16 heavy (non-hydrogen) atoms. The number of anilines is 1. The van der Waals surface area contributed by atoms with E-state index in [1.807, 2.05) is 30.6 Å². The van der Waals surface area contributed by atoms with Gasteiger partial charge in [-0.2, -0.15) is 0 Å². The highest BCUT2D eigenvalue weighted by Crippen LogP contribution is 2.06. The first kappa shape index (κ1) is 10.7. The van der Waals surface area contributed by atoms with Crippen LogP contribution in [0.1, 0.15) is 19.0 Å². The van der Waals surface area contributed by atoms with E-state index >= 15 is 0 Å². The van der Waals surface area contributed by atoms with Crippen molar-refractivity contribution < 1.29 is 0 Å². The number of hydrogen-bond acceptors (Lipinski definition) is 3. The fraction of sp³-hybridized carbons (Fsp3) is 0.333. The number of nitrogens with one attached hydrogen (secondary N) is 1. The van der Waals surface area contributed by atoms with Crippen molar-refractivity contribution in [1.29, 1.82) is 0 Å². The van der Waals surface area contributed by atoms with Crippen LogP contribution in [0.15, 0.2) is 36.8 Å². The number of pyridine rings is 1. The van der Waals surface area contributed by atoms with Crippen LogP contribution in [-0.4, -0.2) is 14.5 Å². The molecule has 0 fully saturated rings. The first-order chi connectivity index (χ1) is 7.90. The van der Waals surface area contributed by atoms with E-state index in [4.69, 9.17) is 0 Å². The van der Waals surface area contributed by atoms with Crippen molar-refractivity contribution in [2.24, 2.45) is 0 Å². The molecule has 0 aliphatic rings. The lowest BCUT2D eigenvalue weighted by Crippen LogP contribution is -2.07. The lowest BCUT2D eigenvalue weighted by molar-refractivity contribution is 0.681. The Labute approximate surface area is 95.4 Å². The minimum atomic E-state index is 0.710.